The quantitative estimate of drug-likeness (QED) is 0.936. The first-order valence-corrected chi connectivity index (χ1v) is 6.87. The van der Waals surface area contributed by atoms with E-state index in [2.05, 4.69) is 17.2 Å². The average Bonchev–Trinajstić information content (AvgIpc) is 2.49. The second-order valence-corrected chi connectivity index (χ2v) is 5.04. The molecule has 1 N–H and O–H groups in total. The molecule has 1 unspecified atom stereocenters. The minimum atomic E-state index is 0.101. The molecule has 1 aromatic heterocycles. The number of pyridine rings is 1. The van der Waals surface area contributed by atoms with E-state index in [1.165, 1.54) is 0 Å². The van der Waals surface area contributed by atoms with Gasteiger partial charge in [-0.2, -0.15) is 0 Å². The molecule has 0 fully saturated rings. The molecule has 1 aliphatic heterocycles. The van der Waals surface area contributed by atoms with Crippen LogP contribution in [0, 0.1) is 0 Å². The third-order valence-electron chi connectivity index (χ3n) is 3.19. The van der Waals surface area contributed by atoms with E-state index in [0.29, 0.717) is 24.0 Å². The Hall–Kier alpha value is -1.94. The molecule has 0 aliphatic carbocycles. The fraction of sp³-hybridized carbons (Fsp3) is 0.267. The number of nitrogens with one attached hydrogen (secondary N) is 1. The van der Waals surface area contributed by atoms with Crippen LogP contribution in [0.5, 0.6) is 11.5 Å². The topological polar surface area (TPSA) is 43.4 Å². The molecule has 0 saturated heterocycles. The van der Waals surface area contributed by atoms with E-state index >= 15 is 0 Å². The highest BCUT2D eigenvalue weighted by atomic mass is 35.5. The number of hydrogen-bond donors (Lipinski definition) is 1. The van der Waals surface area contributed by atoms with E-state index in [9.17, 15) is 0 Å². The molecule has 20 heavy (non-hydrogen) atoms. The van der Waals surface area contributed by atoms with Crippen molar-refractivity contribution in [2.75, 3.05) is 18.5 Å². The van der Waals surface area contributed by atoms with Gasteiger partial charge in [0.2, 0.25) is 0 Å². The Kier molecular flexibility index (Phi) is 3.65. The van der Waals surface area contributed by atoms with Crippen molar-refractivity contribution in [2.24, 2.45) is 0 Å². The second kappa shape index (κ2) is 5.59. The van der Waals surface area contributed by atoms with Gasteiger partial charge < -0.3 is 14.8 Å². The van der Waals surface area contributed by atoms with Gasteiger partial charge in [-0.1, -0.05) is 17.7 Å². The summed E-state index contributed by atoms with van der Waals surface area (Å²) < 4.78 is 11.1. The number of aromatic nitrogens is 1. The summed E-state index contributed by atoms with van der Waals surface area (Å²) in [6, 6.07) is 7.71. The van der Waals surface area contributed by atoms with Crippen molar-refractivity contribution in [1.82, 2.24) is 4.98 Å². The minimum absolute atomic E-state index is 0.101. The largest absolute Gasteiger partial charge is 0.486 e. The molecule has 1 aliphatic rings. The predicted octanol–water partition coefficient (Wildman–Crippen LogP) is 3.68. The number of nitrogens with zero attached hydrogens (tertiary/aromatic N) is 1. The number of rotatable bonds is 3. The van der Waals surface area contributed by atoms with Crippen LogP contribution in [0.1, 0.15) is 18.5 Å². The second-order valence-electron chi connectivity index (χ2n) is 4.63. The summed E-state index contributed by atoms with van der Waals surface area (Å²) in [5.74, 6) is 1.42. The van der Waals surface area contributed by atoms with Gasteiger partial charge in [-0.25, -0.2) is 0 Å². The maximum atomic E-state index is 6.28. The van der Waals surface area contributed by atoms with Crippen LogP contribution in [-0.2, 0) is 0 Å². The fourth-order valence-electron chi connectivity index (χ4n) is 2.12. The number of hydrogen-bond acceptors (Lipinski definition) is 4. The van der Waals surface area contributed by atoms with Gasteiger partial charge >= 0.3 is 0 Å². The zero-order chi connectivity index (χ0) is 13.9. The molecule has 1 aromatic carbocycles. The van der Waals surface area contributed by atoms with Gasteiger partial charge in [-0.15, -0.1) is 0 Å². The Labute approximate surface area is 122 Å². The van der Waals surface area contributed by atoms with E-state index in [4.69, 9.17) is 21.1 Å². The smallest absolute Gasteiger partial charge is 0.163 e. The summed E-state index contributed by atoms with van der Waals surface area (Å²) in [4.78, 5) is 4.12. The highest BCUT2D eigenvalue weighted by Gasteiger charge is 2.16. The number of benzene rings is 1. The van der Waals surface area contributed by atoms with Crippen LogP contribution in [0.4, 0.5) is 5.69 Å². The molecule has 0 saturated carbocycles. The van der Waals surface area contributed by atoms with E-state index in [1.807, 2.05) is 24.4 Å². The molecule has 4 nitrogen and oxygen atoms in total. The lowest BCUT2D eigenvalue weighted by atomic mass is 10.1. The van der Waals surface area contributed by atoms with E-state index < -0.39 is 0 Å². The first kappa shape index (κ1) is 13.1. The van der Waals surface area contributed by atoms with Crippen LogP contribution >= 0.6 is 11.6 Å². The van der Waals surface area contributed by atoms with Gasteiger partial charge in [-0.05, 0) is 18.6 Å². The Morgan fingerprint density at radius 3 is 2.70 bits per heavy atom. The minimum Gasteiger partial charge on any atom is -0.486 e. The van der Waals surface area contributed by atoms with Gasteiger partial charge in [0.1, 0.15) is 13.2 Å². The molecule has 0 spiro atoms. The number of fused-ring (bicyclic) bond motifs is 1. The summed E-state index contributed by atoms with van der Waals surface area (Å²) in [5.41, 5.74) is 1.92. The van der Waals surface area contributed by atoms with Crippen molar-refractivity contribution in [2.45, 2.75) is 13.0 Å². The molecule has 5 heteroatoms. The summed E-state index contributed by atoms with van der Waals surface area (Å²) >= 11 is 6.28. The Bertz CT molecular complexity index is 604. The maximum Gasteiger partial charge on any atom is 0.163 e. The molecule has 3 rings (SSSR count). The molecule has 104 valence electrons. The number of halogens is 1. The highest BCUT2D eigenvalue weighted by molar-refractivity contribution is 6.33. The Balaban J connectivity index is 1.84. The molecule has 0 radical (unpaired) electrons. The van der Waals surface area contributed by atoms with E-state index in [-0.39, 0.29) is 6.04 Å². The van der Waals surface area contributed by atoms with Crippen LogP contribution in [0.25, 0.3) is 0 Å². The molecule has 2 heterocycles. The fourth-order valence-corrected chi connectivity index (χ4v) is 2.33. The number of ether oxygens (including phenoxy) is 2. The van der Waals surface area contributed by atoms with Crippen LogP contribution in [0.2, 0.25) is 5.02 Å². The molecular weight excluding hydrogens is 276 g/mol. The van der Waals surface area contributed by atoms with Crippen molar-refractivity contribution < 1.29 is 9.47 Å². The third kappa shape index (κ3) is 2.65. The Morgan fingerprint density at radius 1 is 1.25 bits per heavy atom. The predicted molar refractivity (Wildman–Crippen MR) is 78.7 cm³/mol. The van der Waals surface area contributed by atoms with Crippen molar-refractivity contribution in [3.05, 3.63) is 47.2 Å². The summed E-state index contributed by atoms with van der Waals surface area (Å²) in [7, 11) is 0. The Morgan fingerprint density at radius 2 is 2.00 bits per heavy atom. The lowest BCUT2D eigenvalue weighted by Crippen LogP contribution is -2.16. The van der Waals surface area contributed by atoms with Crippen LogP contribution in [-0.4, -0.2) is 18.2 Å². The molecule has 1 atom stereocenters. The van der Waals surface area contributed by atoms with Crippen LogP contribution < -0.4 is 14.8 Å². The van der Waals surface area contributed by atoms with Gasteiger partial charge in [0.05, 0.1) is 16.8 Å². The lowest BCUT2D eigenvalue weighted by Gasteiger charge is -2.22. The van der Waals surface area contributed by atoms with Crippen molar-refractivity contribution in [1.29, 1.82) is 0 Å². The summed E-state index contributed by atoms with van der Waals surface area (Å²) in [6.45, 7) is 3.18. The van der Waals surface area contributed by atoms with Crippen molar-refractivity contribution in [3.63, 3.8) is 0 Å². The summed E-state index contributed by atoms with van der Waals surface area (Å²) in [5, 5.41) is 3.98. The van der Waals surface area contributed by atoms with Crippen LogP contribution in [0.15, 0.2) is 36.7 Å². The monoisotopic (exact) mass is 290 g/mol. The van der Waals surface area contributed by atoms with Crippen molar-refractivity contribution >= 4 is 17.3 Å². The van der Waals surface area contributed by atoms with Crippen LogP contribution in [0.3, 0.4) is 0 Å². The first-order valence-electron chi connectivity index (χ1n) is 6.49. The SMILES string of the molecule is CC(Nc1cc2c(cc1Cl)OCCO2)c1cccnc1. The lowest BCUT2D eigenvalue weighted by molar-refractivity contribution is 0.171. The zero-order valence-electron chi connectivity index (χ0n) is 11.1. The third-order valence-corrected chi connectivity index (χ3v) is 3.50. The standard InChI is InChI=1S/C15H15ClN2O2/c1-10(11-3-2-4-17-9-11)18-13-8-15-14(7-12(13)16)19-5-6-20-15/h2-4,7-10,18H,5-6H2,1H3. The van der Waals surface area contributed by atoms with Gasteiger partial charge in [0, 0.05) is 24.5 Å². The van der Waals surface area contributed by atoms with Gasteiger partial charge in [-0.3, -0.25) is 4.98 Å². The normalized spacial score (nSPS) is 14.7. The molecule has 2 aromatic rings. The summed E-state index contributed by atoms with van der Waals surface area (Å²) in [6.07, 6.45) is 3.59. The molecule has 0 amide bonds. The molecular formula is C15H15ClN2O2. The van der Waals surface area contributed by atoms with Crippen molar-refractivity contribution in [3.8, 4) is 11.5 Å². The van der Waals surface area contributed by atoms with E-state index in [1.54, 1.807) is 12.3 Å². The average molecular weight is 291 g/mol. The maximum absolute atomic E-state index is 6.28. The first-order chi connectivity index (χ1) is 9.74. The number of anilines is 1. The highest BCUT2D eigenvalue weighted by Crippen LogP contribution is 2.39. The van der Waals surface area contributed by atoms with Gasteiger partial charge in [0.15, 0.2) is 11.5 Å². The van der Waals surface area contributed by atoms with E-state index in [0.717, 1.165) is 17.0 Å². The molecule has 0 bridgehead atoms. The zero-order valence-corrected chi connectivity index (χ0v) is 11.9. The van der Waals surface area contributed by atoms with Gasteiger partial charge in [0.25, 0.3) is 0 Å².